The minimum atomic E-state index is -0.308. The van der Waals surface area contributed by atoms with Crippen molar-refractivity contribution in [2.24, 2.45) is 0 Å². The van der Waals surface area contributed by atoms with E-state index < -0.39 is 0 Å². The predicted molar refractivity (Wildman–Crippen MR) is 67.6 cm³/mol. The summed E-state index contributed by atoms with van der Waals surface area (Å²) in [6.07, 6.45) is 7.26. The van der Waals surface area contributed by atoms with Crippen molar-refractivity contribution in [3.8, 4) is 0 Å². The number of amides is 3. The number of hydrogen-bond donors (Lipinski definition) is 1. The van der Waals surface area contributed by atoms with Gasteiger partial charge >= 0.3 is 0 Å². The van der Waals surface area contributed by atoms with E-state index in [9.17, 15) is 14.4 Å². The van der Waals surface area contributed by atoms with Gasteiger partial charge < -0.3 is 5.32 Å². The molecule has 1 aliphatic heterocycles. The van der Waals surface area contributed by atoms with Crippen LogP contribution >= 0.6 is 0 Å². The Bertz CT molecular complexity index is 332. The molecule has 1 heterocycles. The smallest absolute Gasteiger partial charge is 0.253 e. The summed E-state index contributed by atoms with van der Waals surface area (Å²) in [4.78, 5) is 35.0. The number of unbranched alkanes of at least 4 members (excludes halogenated alkanes) is 3. The van der Waals surface area contributed by atoms with Gasteiger partial charge in [-0.05, 0) is 6.42 Å². The Hall–Kier alpha value is -1.65. The third kappa shape index (κ3) is 4.69. The number of hydrogen-bond acceptors (Lipinski definition) is 3. The van der Waals surface area contributed by atoms with Crippen LogP contribution in [0.15, 0.2) is 12.2 Å². The van der Waals surface area contributed by atoms with Gasteiger partial charge in [-0.25, -0.2) is 0 Å². The van der Waals surface area contributed by atoms with Crippen molar-refractivity contribution in [3.05, 3.63) is 12.2 Å². The van der Waals surface area contributed by atoms with Crippen molar-refractivity contribution in [3.63, 3.8) is 0 Å². The van der Waals surface area contributed by atoms with Gasteiger partial charge in [0.1, 0.15) is 0 Å². The number of carbonyl (C=O) groups is 3. The Morgan fingerprint density at radius 1 is 1.17 bits per heavy atom. The van der Waals surface area contributed by atoms with Crippen molar-refractivity contribution >= 4 is 17.7 Å². The van der Waals surface area contributed by atoms with Crippen LogP contribution < -0.4 is 5.32 Å². The Morgan fingerprint density at radius 3 is 2.44 bits per heavy atom. The second kappa shape index (κ2) is 7.63. The zero-order chi connectivity index (χ0) is 13.4. The highest BCUT2D eigenvalue weighted by Gasteiger charge is 2.22. The molecule has 0 unspecified atom stereocenters. The average molecular weight is 252 g/mol. The summed E-state index contributed by atoms with van der Waals surface area (Å²) in [6, 6.07) is 0. The summed E-state index contributed by atoms with van der Waals surface area (Å²) in [5, 5.41) is 2.71. The maximum Gasteiger partial charge on any atom is 0.253 e. The monoisotopic (exact) mass is 252 g/mol. The largest absolute Gasteiger partial charge is 0.354 e. The van der Waals surface area contributed by atoms with Crippen LogP contribution in [0.1, 0.15) is 39.0 Å². The van der Waals surface area contributed by atoms with Gasteiger partial charge in [-0.1, -0.05) is 26.2 Å². The second-order valence-electron chi connectivity index (χ2n) is 4.32. The second-order valence-corrected chi connectivity index (χ2v) is 4.32. The van der Waals surface area contributed by atoms with Gasteiger partial charge in [0.15, 0.2) is 0 Å². The van der Waals surface area contributed by atoms with Gasteiger partial charge in [0.2, 0.25) is 5.91 Å². The first-order valence-electron chi connectivity index (χ1n) is 6.45. The lowest BCUT2D eigenvalue weighted by Crippen LogP contribution is -2.38. The number of nitrogens with zero attached hydrogens (tertiary/aromatic N) is 1. The van der Waals surface area contributed by atoms with E-state index in [0.717, 1.165) is 30.6 Å². The molecule has 5 heteroatoms. The van der Waals surface area contributed by atoms with Crippen molar-refractivity contribution in [2.75, 3.05) is 13.1 Å². The molecule has 3 amide bonds. The molecule has 0 radical (unpaired) electrons. The van der Waals surface area contributed by atoms with Gasteiger partial charge in [0.25, 0.3) is 11.8 Å². The van der Waals surface area contributed by atoms with Crippen molar-refractivity contribution in [1.29, 1.82) is 0 Å². The molecule has 1 aliphatic rings. The molecule has 0 saturated heterocycles. The Labute approximate surface area is 107 Å². The molecular weight excluding hydrogens is 232 g/mol. The van der Waals surface area contributed by atoms with E-state index in [1.165, 1.54) is 12.2 Å². The Balaban J connectivity index is 2.09. The molecule has 5 nitrogen and oxygen atoms in total. The zero-order valence-corrected chi connectivity index (χ0v) is 10.8. The maximum absolute atomic E-state index is 11.4. The van der Waals surface area contributed by atoms with Gasteiger partial charge in [0.05, 0.1) is 0 Å². The summed E-state index contributed by atoms with van der Waals surface area (Å²) < 4.78 is 0. The predicted octanol–water partition coefficient (Wildman–Crippen LogP) is 0.998. The topological polar surface area (TPSA) is 66.5 Å². The normalized spacial score (nSPS) is 14.4. The fourth-order valence-corrected chi connectivity index (χ4v) is 1.76. The molecule has 0 aromatic carbocycles. The Kier molecular flexibility index (Phi) is 6.11. The van der Waals surface area contributed by atoms with E-state index in [1.54, 1.807) is 0 Å². The average Bonchev–Trinajstić information content (AvgIpc) is 2.66. The standard InChI is InChI=1S/C13H20N2O3/c1-2-3-4-5-6-11(16)14-9-10-15-12(17)7-8-13(15)18/h7-8H,2-6,9-10H2,1H3,(H,14,16). The summed E-state index contributed by atoms with van der Waals surface area (Å²) in [5.41, 5.74) is 0. The maximum atomic E-state index is 11.4. The summed E-state index contributed by atoms with van der Waals surface area (Å²) in [7, 11) is 0. The van der Waals surface area contributed by atoms with E-state index in [-0.39, 0.29) is 24.3 Å². The van der Waals surface area contributed by atoms with Gasteiger partial charge in [0, 0.05) is 31.7 Å². The highest BCUT2D eigenvalue weighted by Crippen LogP contribution is 2.03. The van der Waals surface area contributed by atoms with E-state index in [0.29, 0.717) is 13.0 Å². The first-order valence-corrected chi connectivity index (χ1v) is 6.45. The lowest BCUT2D eigenvalue weighted by Gasteiger charge is -2.13. The summed E-state index contributed by atoms with van der Waals surface area (Å²) >= 11 is 0. The number of imide groups is 1. The summed E-state index contributed by atoms with van der Waals surface area (Å²) in [6.45, 7) is 2.69. The van der Waals surface area contributed by atoms with Crippen molar-refractivity contribution in [1.82, 2.24) is 10.2 Å². The first-order chi connectivity index (χ1) is 8.65. The number of nitrogens with one attached hydrogen (secondary N) is 1. The van der Waals surface area contributed by atoms with Crippen LogP contribution in [0.5, 0.6) is 0 Å². The van der Waals surface area contributed by atoms with Crippen LogP contribution in [0.3, 0.4) is 0 Å². The lowest BCUT2D eigenvalue weighted by atomic mass is 10.1. The molecule has 100 valence electrons. The number of rotatable bonds is 8. The van der Waals surface area contributed by atoms with Crippen molar-refractivity contribution < 1.29 is 14.4 Å². The van der Waals surface area contributed by atoms with Crippen LogP contribution in [0.25, 0.3) is 0 Å². The van der Waals surface area contributed by atoms with E-state index in [4.69, 9.17) is 0 Å². The molecule has 0 atom stereocenters. The van der Waals surface area contributed by atoms with Gasteiger partial charge in [-0.3, -0.25) is 19.3 Å². The van der Waals surface area contributed by atoms with Crippen molar-refractivity contribution in [2.45, 2.75) is 39.0 Å². The van der Waals surface area contributed by atoms with Gasteiger partial charge in [-0.15, -0.1) is 0 Å². The molecule has 0 spiro atoms. The van der Waals surface area contributed by atoms with Crippen LogP contribution in [-0.2, 0) is 14.4 Å². The molecule has 0 bridgehead atoms. The fourth-order valence-electron chi connectivity index (χ4n) is 1.76. The first kappa shape index (κ1) is 14.4. The van der Waals surface area contributed by atoms with Crippen LogP contribution in [0.2, 0.25) is 0 Å². The molecule has 0 saturated carbocycles. The van der Waals surface area contributed by atoms with Crippen LogP contribution in [-0.4, -0.2) is 35.7 Å². The highest BCUT2D eigenvalue weighted by atomic mass is 16.2. The zero-order valence-electron chi connectivity index (χ0n) is 10.8. The molecular formula is C13H20N2O3. The van der Waals surface area contributed by atoms with E-state index >= 15 is 0 Å². The molecule has 1 N–H and O–H groups in total. The van der Waals surface area contributed by atoms with Crippen LogP contribution in [0.4, 0.5) is 0 Å². The van der Waals surface area contributed by atoms with Gasteiger partial charge in [-0.2, -0.15) is 0 Å². The molecule has 0 aromatic heterocycles. The third-order valence-corrected chi connectivity index (χ3v) is 2.82. The molecule has 1 rings (SSSR count). The minimum Gasteiger partial charge on any atom is -0.354 e. The van der Waals surface area contributed by atoms with Crippen LogP contribution in [0, 0.1) is 0 Å². The molecule has 0 aliphatic carbocycles. The fraction of sp³-hybridized carbons (Fsp3) is 0.615. The quantitative estimate of drug-likeness (QED) is 0.517. The highest BCUT2D eigenvalue weighted by molar-refractivity contribution is 6.12. The SMILES string of the molecule is CCCCCCC(=O)NCCN1C(=O)C=CC1=O. The summed E-state index contributed by atoms with van der Waals surface area (Å²) in [5.74, 6) is -0.632. The van der Waals surface area contributed by atoms with E-state index in [1.807, 2.05) is 0 Å². The minimum absolute atomic E-state index is 0.0156. The lowest BCUT2D eigenvalue weighted by molar-refractivity contribution is -0.137. The third-order valence-electron chi connectivity index (χ3n) is 2.82. The number of carbonyl (C=O) groups excluding carboxylic acids is 3. The molecule has 0 aromatic rings. The Morgan fingerprint density at radius 2 is 1.83 bits per heavy atom. The van der Waals surface area contributed by atoms with E-state index in [2.05, 4.69) is 12.2 Å². The molecule has 18 heavy (non-hydrogen) atoms. The molecule has 0 fully saturated rings.